The lowest BCUT2D eigenvalue weighted by Crippen LogP contribution is -2.38. The van der Waals surface area contributed by atoms with Gasteiger partial charge in [-0.15, -0.1) is 0 Å². The number of rotatable bonds is 8. The summed E-state index contributed by atoms with van der Waals surface area (Å²) >= 11 is 0. The van der Waals surface area contributed by atoms with Crippen molar-refractivity contribution >= 4 is 22.7 Å². The first-order chi connectivity index (χ1) is 22.1. The molecule has 5 aromatic heterocycles. The van der Waals surface area contributed by atoms with E-state index in [4.69, 9.17) is 21.0 Å². The zero-order valence-electron chi connectivity index (χ0n) is 25.0. The van der Waals surface area contributed by atoms with Crippen LogP contribution in [0.1, 0.15) is 31.0 Å². The SMILES string of the molecule is CCn1cc(-c2ccc3nc(-c4cccnc4N)n(-c4ccc(CN5CCC(Nc6ccnc(C#N)c6)CC5)cc4)c3n2)cn1. The summed E-state index contributed by atoms with van der Waals surface area (Å²) in [6.07, 6.45) is 9.28. The zero-order chi connectivity index (χ0) is 30.8. The monoisotopic (exact) mass is 595 g/mol. The van der Waals surface area contributed by atoms with Crippen molar-refractivity contribution < 1.29 is 0 Å². The molecule has 11 nitrogen and oxygen atoms in total. The number of hydrogen-bond donors (Lipinski definition) is 2. The Morgan fingerprint density at radius 3 is 2.60 bits per heavy atom. The highest BCUT2D eigenvalue weighted by Gasteiger charge is 2.21. The van der Waals surface area contributed by atoms with Crippen LogP contribution in [-0.4, -0.2) is 58.3 Å². The van der Waals surface area contributed by atoms with Gasteiger partial charge < -0.3 is 11.1 Å². The summed E-state index contributed by atoms with van der Waals surface area (Å²) in [7, 11) is 0. The third-order valence-electron chi connectivity index (χ3n) is 8.27. The number of aromatic nitrogens is 7. The number of nitrogens with zero attached hydrogens (tertiary/aromatic N) is 9. The smallest absolute Gasteiger partial charge is 0.165 e. The highest BCUT2D eigenvalue weighted by molar-refractivity contribution is 5.84. The summed E-state index contributed by atoms with van der Waals surface area (Å²) in [5.74, 6) is 1.12. The highest BCUT2D eigenvalue weighted by Crippen LogP contribution is 2.32. The lowest BCUT2D eigenvalue weighted by molar-refractivity contribution is 0.211. The maximum atomic E-state index is 9.13. The molecule has 1 aliphatic rings. The van der Waals surface area contributed by atoms with Crippen molar-refractivity contribution in [3.05, 3.63) is 96.7 Å². The van der Waals surface area contributed by atoms with E-state index in [1.54, 1.807) is 12.4 Å². The minimum atomic E-state index is 0.374. The van der Waals surface area contributed by atoms with E-state index in [1.165, 1.54) is 5.56 Å². The number of nitriles is 1. The summed E-state index contributed by atoms with van der Waals surface area (Å²) < 4.78 is 3.96. The van der Waals surface area contributed by atoms with Crippen LogP contribution in [0.15, 0.2) is 85.5 Å². The molecule has 1 aliphatic heterocycles. The molecule has 6 heterocycles. The molecule has 3 N–H and O–H groups in total. The highest BCUT2D eigenvalue weighted by atomic mass is 15.3. The topological polar surface area (TPSA) is 139 Å². The van der Waals surface area contributed by atoms with E-state index >= 15 is 0 Å². The number of nitrogens with one attached hydrogen (secondary N) is 1. The molecular weight excluding hydrogens is 562 g/mol. The summed E-state index contributed by atoms with van der Waals surface area (Å²) in [6, 6.07) is 22.6. The number of nitrogen functional groups attached to an aromatic ring is 1. The summed E-state index contributed by atoms with van der Waals surface area (Å²) in [6.45, 7) is 5.72. The molecule has 0 unspecified atom stereocenters. The Kier molecular flexibility index (Phi) is 7.63. The molecule has 0 radical (unpaired) electrons. The van der Waals surface area contributed by atoms with E-state index in [9.17, 15) is 0 Å². The van der Waals surface area contributed by atoms with E-state index < -0.39 is 0 Å². The van der Waals surface area contributed by atoms with Gasteiger partial charge in [-0.3, -0.25) is 14.1 Å². The number of piperidine rings is 1. The molecule has 0 bridgehead atoms. The normalized spacial score (nSPS) is 14.0. The largest absolute Gasteiger partial charge is 0.383 e. The molecule has 0 aliphatic carbocycles. The van der Waals surface area contributed by atoms with E-state index in [0.717, 1.165) is 78.4 Å². The van der Waals surface area contributed by atoms with Crippen molar-refractivity contribution in [3.8, 4) is 34.4 Å². The lowest BCUT2D eigenvalue weighted by Gasteiger charge is -2.33. The van der Waals surface area contributed by atoms with Gasteiger partial charge in [0.2, 0.25) is 0 Å². The first kappa shape index (κ1) is 28.2. The average molecular weight is 596 g/mol. The van der Waals surface area contributed by atoms with Gasteiger partial charge in [0.25, 0.3) is 0 Å². The van der Waals surface area contributed by atoms with Crippen LogP contribution in [-0.2, 0) is 13.1 Å². The fourth-order valence-electron chi connectivity index (χ4n) is 5.88. The maximum absolute atomic E-state index is 9.13. The quantitative estimate of drug-likeness (QED) is 0.240. The van der Waals surface area contributed by atoms with Crippen molar-refractivity contribution in [3.63, 3.8) is 0 Å². The zero-order valence-corrected chi connectivity index (χ0v) is 25.0. The molecule has 11 heteroatoms. The number of hydrogen-bond acceptors (Lipinski definition) is 9. The molecule has 45 heavy (non-hydrogen) atoms. The lowest BCUT2D eigenvalue weighted by atomic mass is 10.0. The molecule has 0 spiro atoms. The number of fused-ring (bicyclic) bond motifs is 1. The number of likely N-dealkylation sites (tertiary alicyclic amines) is 1. The van der Waals surface area contributed by atoms with Gasteiger partial charge in [0.05, 0.1) is 17.5 Å². The molecule has 1 aromatic carbocycles. The van der Waals surface area contributed by atoms with Crippen LogP contribution in [0.4, 0.5) is 11.5 Å². The Morgan fingerprint density at radius 2 is 1.84 bits per heavy atom. The number of benzene rings is 1. The Morgan fingerprint density at radius 1 is 1.00 bits per heavy atom. The van der Waals surface area contributed by atoms with Crippen LogP contribution in [0, 0.1) is 11.3 Å². The Labute approximate surface area is 261 Å². The molecule has 1 fully saturated rings. The maximum Gasteiger partial charge on any atom is 0.165 e. The molecule has 6 aromatic rings. The van der Waals surface area contributed by atoms with Gasteiger partial charge in [-0.2, -0.15) is 10.4 Å². The van der Waals surface area contributed by atoms with E-state index in [1.807, 2.05) is 53.5 Å². The Bertz CT molecular complexity index is 1990. The minimum Gasteiger partial charge on any atom is -0.383 e. The third-order valence-corrected chi connectivity index (χ3v) is 8.27. The fraction of sp³-hybridized carbons (Fsp3) is 0.235. The number of pyridine rings is 3. The minimum absolute atomic E-state index is 0.374. The molecule has 0 saturated carbocycles. The van der Waals surface area contributed by atoms with Crippen molar-refractivity contribution in [1.29, 1.82) is 5.26 Å². The predicted octanol–water partition coefficient (Wildman–Crippen LogP) is 5.29. The van der Waals surface area contributed by atoms with Gasteiger partial charge in [-0.25, -0.2) is 19.9 Å². The van der Waals surface area contributed by atoms with Crippen molar-refractivity contribution in [2.75, 3.05) is 24.1 Å². The molecule has 7 rings (SSSR count). The van der Waals surface area contributed by atoms with Crippen LogP contribution in [0.25, 0.3) is 39.5 Å². The van der Waals surface area contributed by atoms with Gasteiger partial charge in [0.1, 0.15) is 23.1 Å². The summed E-state index contributed by atoms with van der Waals surface area (Å²) in [5, 5.41) is 17.1. The van der Waals surface area contributed by atoms with E-state index in [0.29, 0.717) is 23.4 Å². The number of imidazole rings is 1. The number of aryl methyl sites for hydroxylation is 1. The van der Waals surface area contributed by atoms with Crippen molar-refractivity contribution in [2.45, 2.75) is 38.9 Å². The van der Waals surface area contributed by atoms with Gasteiger partial charge in [-0.1, -0.05) is 12.1 Å². The van der Waals surface area contributed by atoms with Crippen LogP contribution in [0.2, 0.25) is 0 Å². The Balaban J connectivity index is 1.13. The van der Waals surface area contributed by atoms with Gasteiger partial charge in [0, 0.05) is 67.7 Å². The predicted molar refractivity (Wildman–Crippen MR) is 174 cm³/mol. The Hall–Kier alpha value is -5.60. The van der Waals surface area contributed by atoms with E-state index in [2.05, 4.69) is 67.1 Å². The van der Waals surface area contributed by atoms with Gasteiger partial charge >= 0.3 is 0 Å². The second kappa shape index (κ2) is 12.2. The fourth-order valence-corrected chi connectivity index (χ4v) is 5.88. The summed E-state index contributed by atoms with van der Waals surface area (Å²) in [4.78, 5) is 20.9. The van der Waals surface area contributed by atoms with Crippen LogP contribution < -0.4 is 11.1 Å². The molecule has 224 valence electrons. The van der Waals surface area contributed by atoms with Crippen LogP contribution in [0.5, 0.6) is 0 Å². The number of nitrogens with two attached hydrogens (primary N) is 1. The molecular formula is C34H33N11. The average Bonchev–Trinajstić information content (AvgIpc) is 3.71. The van der Waals surface area contributed by atoms with Gasteiger partial charge in [-0.05, 0) is 73.9 Å². The number of anilines is 2. The van der Waals surface area contributed by atoms with Crippen LogP contribution in [0.3, 0.4) is 0 Å². The van der Waals surface area contributed by atoms with E-state index in [-0.39, 0.29) is 0 Å². The van der Waals surface area contributed by atoms with Crippen molar-refractivity contribution in [1.82, 2.24) is 39.2 Å². The third kappa shape index (κ3) is 5.83. The molecule has 0 amide bonds. The standard InChI is InChI=1S/C34H33N11/c1-2-44-22-24(20-39-44)30-9-10-31-34(41-30)45(33(42-31)29-4-3-14-38-32(29)36)28-7-5-23(6-8-28)21-43-16-12-25(13-17-43)40-26-11-15-37-27(18-26)19-35/h3-11,14-15,18,20,22,25H,2,12-13,16-17,21H2,1H3,(H2,36,38)(H,37,40). The second-order valence-corrected chi connectivity index (χ2v) is 11.2. The summed E-state index contributed by atoms with van der Waals surface area (Å²) in [5.41, 5.74) is 14.0. The first-order valence-corrected chi connectivity index (χ1v) is 15.2. The second-order valence-electron chi connectivity index (χ2n) is 11.2. The van der Waals surface area contributed by atoms with Gasteiger partial charge in [0.15, 0.2) is 11.5 Å². The molecule has 1 saturated heterocycles. The van der Waals surface area contributed by atoms with Crippen LogP contribution >= 0.6 is 0 Å². The van der Waals surface area contributed by atoms with Crippen molar-refractivity contribution in [2.24, 2.45) is 0 Å². The first-order valence-electron chi connectivity index (χ1n) is 15.2. The molecule has 0 atom stereocenters.